The van der Waals surface area contributed by atoms with Crippen LogP contribution in [0.2, 0.25) is 0 Å². The third-order valence-electron chi connectivity index (χ3n) is 7.90. The summed E-state index contributed by atoms with van der Waals surface area (Å²) in [5.74, 6) is 0.548. The number of fused-ring (bicyclic) bond motifs is 2. The first-order valence-electron chi connectivity index (χ1n) is 13.3. The SMILES string of the molecule is CC(C)c1ccc(C(OC2C[C@H]3CC[C@@H](C2)N3CCCc2ccccc2)c2ccccc2)cc1. The van der Waals surface area contributed by atoms with Crippen molar-refractivity contribution in [2.75, 3.05) is 6.54 Å². The minimum atomic E-state index is 0.0106. The molecule has 2 nitrogen and oxygen atoms in total. The van der Waals surface area contributed by atoms with Gasteiger partial charge in [0, 0.05) is 12.1 Å². The molecule has 3 aromatic rings. The Labute approximate surface area is 206 Å². The summed E-state index contributed by atoms with van der Waals surface area (Å²) in [4.78, 5) is 2.80. The largest absolute Gasteiger partial charge is 0.365 e. The fraction of sp³-hybridized carbons (Fsp3) is 0.438. The number of nitrogens with zero attached hydrogens (tertiary/aromatic N) is 1. The molecule has 0 aromatic heterocycles. The van der Waals surface area contributed by atoms with Crippen LogP contribution in [-0.2, 0) is 11.2 Å². The van der Waals surface area contributed by atoms with Crippen molar-refractivity contribution in [2.24, 2.45) is 0 Å². The maximum atomic E-state index is 6.94. The highest BCUT2D eigenvalue weighted by Gasteiger charge is 2.41. The van der Waals surface area contributed by atoms with E-state index < -0.39 is 0 Å². The van der Waals surface area contributed by atoms with Gasteiger partial charge in [0.25, 0.3) is 0 Å². The van der Waals surface area contributed by atoms with Gasteiger partial charge in [-0.15, -0.1) is 0 Å². The molecule has 2 heterocycles. The van der Waals surface area contributed by atoms with Gasteiger partial charge in [0.1, 0.15) is 6.10 Å². The predicted octanol–water partition coefficient (Wildman–Crippen LogP) is 7.54. The summed E-state index contributed by atoms with van der Waals surface area (Å²) in [6, 6.07) is 32.2. The van der Waals surface area contributed by atoms with Crippen LogP contribution < -0.4 is 0 Å². The number of benzene rings is 3. The Morgan fingerprint density at radius 2 is 1.29 bits per heavy atom. The highest BCUT2D eigenvalue weighted by molar-refractivity contribution is 5.33. The van der Waals surface area contributed by atoms with Crippen molar-refractivity contribution in [3.8, 4) is 0 Å². The second-order valence-electron chi connectivity index (χ2n) is 10.6. The number of hydrogen-bond acceptors (Lipinski definition) is 2. The quantitative estimate of drug-likeness (QED) is 0.332. The van der Waals surface area contributed by atoms with Crippen molar-refractivity contribution in [1.82, 2.24) is 4.90 Å². The zero-order valence-electron chi connectivity index (χ0n) is 20.8. The summed E-state index contributed by atoms with van der Waals surface area (Å²) in [6.45, 7) is 5.73. The third-order valence-corrected chi connectivity index (χ3v) is 7.90. The lowest BCUT2D eigenvalue weighted by Gasteiger charge is -2.40. The minimum Gasteiger partial charge on any atom is -0.365 e. The van der Waals surface area contributed by atoms with Crippen LogP contribution in [0.5, 0.6) is 0 Å². The van der Waals surface area contributed by atoms with Crippen molar-refractivity contribution in [3.05, 3.63) is 107 Å². The maximum Gasteiger partial charge on any atom is 0.108 e. The Kier molecular flexibility index (Phi) is 7.47. The van der Waals surface area contributed by atoms with Crippen LogP contribution in [0.15, 0.2) is 84.9 Å². The standard InChI is InChI=1S/C32H39NO/c1-24(2)26-15-17-28(18-16-26)32(27-13-7-4-8-14-27)34-31-22-29-19-20-30(23-31)33(29)21-9-12-25-10-5-3-6-11-25/h3-8,10-11,13-18,24,29-32H,9,12,19-23H2,1-2H3/t29-,30+,31?,32?. The smallest absolute Gasteiger partial charge is 0.108 e. The van der Waals surface area contributed by atoms with Crippen molar-refractivity contribution in [1.29, 1.82) is 0 Å². The van der Waals surface area contributed by atoms with Gasteiger partial charge >= 0.3 is 0 Å². The number of rotatable bonds is 9. The number of piperidine rings is 1. The van der Waals surface area contributed by atoms with Gasteiger partial charge in [-0.25, -0.2) is 0 Å². The van der Waals surface area contributed by atoms with Gasteiger partial charge in [-0.2, -0.15) is 0 Å². The van der Waals surface area contributed by atoms with Crippen LogP contribution in [0.1, 0.15) is 80.2 Å². The molecule has 0 radical (unpaired) electrons. The first-order chi connectivity index (χ1) is 16.7. The summed E-state index contributed by atoms with van der Waals surface area (Å²) >= 11 is 0. The normalized spacial score (nSPS) is 23.3. The molecule has 34 heavy (non-hydrogen) atoms. The molecule has 178 valence electrons. The van der Waals surface area contributed by atoms with Crippen LogP contribution in [0, 0.1) is 0 Å². The average Bonchev–Trinajstić information content (AvgIpc) is 3.11. The predicted molar refractivity (Wildman–Crippen MR) is 141 cm³/mol. The Hall–Kier alpha value is -2.42. The summed E-state index contributed by atoms with van der Waals surface area (Å²) in [5.41, 5.74) is 5.38. The molecule has 2 aliphatic heterocycles. The molecule has 2 unspecified atom stereocenters. The Balaban J connectivity index is 1.24. The molecule has 2 heteroatoms. The average molecular weight is 454 g/mol. The number of ether oxygens (including phenoxy) is 1. The van der Waals surface area contributed by atoms with Gasteiger partial charge in [0.2, 0.25) is 0 Å². The van der Waals surface area contributed by atoms with Crippen LogP contribution in [0.25, 0.3) is 0 Å². The molecule has 2 aliphatic rings. The number of hydrogen-bond donors (Lipinski definition) is 0. The van der Waals surface area contributed by atoms with Gasteiger partial charge in [0.05, 0.1) is 6.10 Å². The molecule has 2 saturated heterocycles. The lowest BCUT2D eigenvalue weighted by molar-refractivity contribution is -0.0482. The fourth-order valence-electron chi connectivity index (χ4n) is 6.04. The Morgan fingerprint density at radius 3 is 1.91 bits per heavy atom. The van der Waals surface area contributed by atoms with Crippen molar-refractivity contribution in [2.45, 2.75) is 82.6 Å². The van der Waals surface area contributed by atoms with E-state index in [1.807, 2.05) is 0 Å². The third kappa shape index (κ3) is 5.45. The molecule has 2 fully saturated rings. The summed E-state index contributed by atoms with van der Waals surface area (Å²) in [7, 11) is 0. The van der Waals surface area contributed by atoms with E-state index in [0.717, 1.165) is 12.8 Å². The first kappa shape index (κ1) is 23.3. The van der Waals surface area contributed by atoms with Crippen LogP contribution in [0.4, 0.5) is 0 Å². The molecule has 3 aromatic carbocycles. The van der Waals surface area contributed by atoms with Gasteiger partial charge < -0.3 is 4.74 Å². The lowest BCUT2D eigenvalue weighted by Crippen LogP contribution is -2.46. The van der Waals surface area contributed by atoms with E-state index in [4.69, 9.17) is 4.74 Å². The molecule has 4 atom stereocenters. The molecule has 0 saturated carbocycles. The van der Waals surface area contributed by atoms with Gasteiger partial charge in [-0.1, -0.05) is 98.8 Å². The maximum absolute atomic E-state index is 6.94. The van der Waals surface area contributed by atoms with Gasteiger partial charge in [0.15, 0.2) is 0 Å². The summed E-state index contributed by atoms with van der Waals surface area (Å²) < 4.78 is 6.94. The van der Waals surface area contributed by atoms with Gasteiger partial charge in [-0.05, 0) is 73.2 Å². The van der Waals surface area contributed by atoms with E-state index in [1.54, 1.807) is 0 Å². The molecule has 5 rings (SSSR count). The second kappa shape index (κ2) is 10.9. The van der Waals surface area contributed by atoms with E-state index >= 15 is 0 Å². The van der Waals surface area contributed by atoms with Gasteiger partial charge in [-0.3, -0.25) is 4.90 Å². The van der Waals surface area contributed by atoms with Crippen LogP contribution in [0.3, 0.4) is 0 Å². The topological polar surface area (TPSA) is 12.5 Å². The molecule has 0 N–H and O–H groups in total. The first-order valence-corrected chi connectivity index (χ1v) is 13.3. The molecule has 0 aliphatic carbocycles. The Morgan fingerprint density at radius 1 is 0.735 bits per heavy atom. The van der Waals surface area contributed by atoms with E-state index in [1.165, 1.54) is 54.5 Å². The van der Waals surface area contributed by atoms with E-state index in [2.05, 4.69) is 104 Å². The van der Waals surface area contributed by atoms with Crippen molar-refractivity contribution >= 4 is 0 Å². The highest BCUT2D eigenvalue weighted by atomic mass is 16.5. The van der Waals surface area contributed by atoms with Crippen molar-refractivity contribution in [3.63, 3.8) is 0 Å². The van der Waals surface area contributed by atoms with Crippen molar-refractivity contribution < 1.29 is 4.74 Å². The molecular formula is C32H39NO. The minimum absolute atomic E-state index is 0.0106. The zero-order chi connectivity index (χ0) is 23.3. The molecule has 0 spiro atoms. The monoisotopic (exact) mass is 453 g/mol. The second-order valence-corrected chi connectivity index (χ2v) is 10.6. The summed E-state index contributed by atoms with van der Waals surface area (Å²) in [5, 5.41) is 0. The number of aryl methyl sites for hydroxylation is 1. The summed E-state index contributed by atoms with van der Waals surface area (Å²) in [6.07, 6.45) is 7.75. The molecule has 0 amide bonds. The Bertz CT molecular complexity index is 1000. The highest BCUT2D eigenvalue weighted by Crippen LogP contribution is 2.40. The lowest BCUT2D eigenvalue weighted by atomic mass is 9.95. The van der Waals surface area contributed by atoms with E-state index in [0.29, 0.717) is 24.1 Å². The fourth-order valence-corrected chi connectivity index (χ4v) is 6.04. The molecular weight excluding hydrogens is 414 g/mol. The van der Waals surface area contributed by atoms with Crippen LogP contribution >= 0.6 is 0 Å². The van der Waals surface area contributed by atoms with E-state index in [-0.39, 0.29) is 6.10 Å². The molecule has 2 bridgehead atoms. The van der Waals surface area contributed by atoms with E-state index in [9.17, 15) is 0 Å². The van der Waals surface area contributed by atoms with Crippen LogP contribution in [-0.4, -0.2) is 29.6 Å². The zero-order valence-corrected chi connectivity index (χ0v) is 20.8.